The van der Waals surface area contributed by atoms with Gasteiger partial charge in [-0.2, -0.15) is 8.78 Å². The van der Waals surface area contributed by atoms with Gasteiger partial charge in [0.25, 0.3) is 0 Å². The van der Waals surface area contributed by atoms with Gasteiger partial charge in [0.05, 0.1) is 12.2 Å². The first kappa shape index (κ1) is 20.3. The Morgan fingerprint density at radius 2 is 1.86 bits per heavy atom. The summed E-state index contributed by atoms with van der Waals surface area (Å²) in [6.45, 7) is 0.299. The Hall–Kier alpha value is -3.42. The highest BCUT2D eigenvalue weighted by atomic mass is 19.3. The van der Waals surface area contributed by atoms with Gasteiger partial charge in [-0.3, -0.25) is 4.79 Å². The highest BCUT2D eigenvalue weighted by Gasteiger charge is 2.24. The molecule has 6 nitrogen and oxygen atoms in total. The molecule has 152 valence electrons. The molecule has 0 unspecified atom stereocenters. The fraction of sp³-hybridized carbons (Fsp3) is 0.238. The minimum Gasteiger partial charge on any atom is -0.490 e. The highest BCUT2D eigenvalue weighted by molar-refractivity contribution is 6.10. The first-order valence-electron chi connectivity index (χ1n) is 8.93. The number of ketones is 1. The number of carbonyl (C=O) groups is 2. The second kappa shape index (κ2) is 8.72. The number of fused-ring (bicyclic) bond motifs is 1. The van der Waals surface area contributed by atoms with E-state index in [1.165, 1.54) is 25.1 Å². The van der Waals surface area contributed by atoms with Crippen LogP contribution in [-0.4, -0.2) is 36.1 Å². The van der Waals surface area contributed by atoms with Gasteiger partial charge in [0.2, 0.25) is 5.78 Å². The minimum atomic E-state index is -3.03. The highest BCUT2D eigenvalue weighted by Crippen LogP contribution is 2.30. The van der Waals surface area contributed by atoms with Crippen LogP contribution >= 0.6 is 0 Å². The number of hydrogen-bond acceptors (Lipinski definition) is 5. The molecule has 1 aromatic heterocycles. The lowest BCUT2D eigenvalue weighted by molar-refractivity contribution is -0.0514. The molecule has 8 heteroatoms. The number of nitrogens with one attached hydrogen (secondary N) is 1. The van der Waals surface area contributed by atoms with E-state index in [-0.39, 0.29) is 29.5 Å². The van der Waals surface area contributed by atoms with Gasteiger partial charge in [0, 0.05) is 22.7 Å². The van der Waals surface area contributed by atoms with E-state index >= 15 is 0 Å². The van der Waals surface area contributed by atoms with Crippen molar-refractivity contribution in [2.45, 2.75) is 26.6 Å². The van der Waals surface area contributed by atoms with Gasteiger partial charge in [0.1, 0.15) is 0 Å². The number of aromatic amines is 1. The van der Waals surface area contributed by atoms with Crippen LogP contribution in [0.15, 0.2) is 48.7 Å². The summed E-state index contributed by atoms with van der Waals surface area (Å²) in [5.41, 5.74) is 1.26. The Bertz CT molecular complexity index is 1030. The number of ether oxygens (including phenoxy) is 3. The third-order valence-electron chi connectivity index (χ3n) is 4.20. The molecule has 0 aliphatic carbocycles. The fourth-order valence-corrected chi connectivity index (χ4v) is 2.87. The first-order chi connectivity index (χ1) is 13.9. The van der Waals surface area contributed by atoms with Crippen LogP contribution in [-0.2, 0) is 4.74 Å². The molecule has 3 aromatic rings. The average molecular weight is 403 g/mol. The number of para-hydroxylation sites is 1. The molecule has 1 atom stereocenters. The second-order valence-electron chi connectivity index (χ2n) is 6.13. The van der Waals surface area contributed by atoms with Crippen LogP contribution in [0.1, 0.15) is 34.6 Å². The topological polar surface area (TPSA) is 77.6 Å². The van der Waals surface area contributed by atoms with Crippen molar-refractivity contribution in [3.8, 4) is 11.5 Å². The molecule has 0 aliphatic heterocycles. The maximum atomic E-state index is 12.7. The van der Waals surface area contributed by atoms with Crippen LogP contribution in [0, 0.1) is 0 Å². The molecule has 1 N–H and O–H groups in total. The van der Waals surface area contributed by atoms with E-state index in [9.17, 15) is 18.4 Å². The van der Waals surface area contributed by atoms with Gasteiger partial charge in [-0.15, -0.1) is 0 Å². The quantitative estimate of drug-likeness (QED) is 0.439. The van der Waals surface area contributed by atoms with Gasteiger partial charge in [-0.25, -0.2) is 4.79 Å². The average Bonchev–Trinajstić information content (AvgIpc) is 3.12. The summed E-state index contributed by atoms with van der Waals surface area (Å²) >= 11 is 0. The zero-order valence-corrected chi connectivity index (χ0v) is 15.8. The number of Topliss-reactive ketones (excluding diaryl/α,β-unsaturated/α-hetero) is 1. The van der Waals surface area contributed by atoms with Crippen molar-refractivity contribution in [1.29, 1.82) is 0 Å². The second-order valence-corrected chi connectivity index (χ2v) is 6.13. The van der Waals surface area contributed by atoms with Gasteiger partial charge in [0.15, 0.2) is 17.6 Å². The molecule has 0 saturated carbocycles. The van der Waals surface area contributed by atoms with E-state index in [4.69, 9.17) is 9.47 Å². The molecule has 29 heavy (non-hydrogen) atoms. The maximum absolute atomic E-state index is 12.7. The summed E-state index contributed by atoms with van der Waals surface area (Å²) in [5, 5.41) is 0.729. The Morgan fingerprint density at radius 1 is 1.10 bits per heavy atom. The molecule has 2 aromatic carbocycles. The molecule has 0 aliphatic rings. The van der Waals surface area contributed by atoms with E-state index < -0.39 is 18.7 Å². The third kappa shape index (κ3) is 4.53. The number of rotatable bonds is 8. The molecule has 0 fully saturated rings. The molecule has 0 radical (unpaired) electrons. The van der Waals surface area contributed by atoms with E-state index in [0.717, 1.165) is 10.9 Å². The molecule has 0 amide bonds. The Kier molecular flexibility index (Phi) is 6.11. The standard InChI is InChI=1S/C21H19F2NO5/c1-3-27-18-10-13(8-9-17(18)29-21(22)23)20(26)28-12(2)19(25)15-11-24-16-7-5-4-6-14(15)16/h4-12,21,24H,3H2,1-2H3/t12-/m1/s1. The summed E-state index contributed by atoms with van der Waals surface area (Å²) < 4.78 is 39.9. The molecule has 3 rings (SSSR count). The lowest BCUT2D eigenvalue weighted by Crippen LogP contribution is -2.24. The number of esters is 1. The molecule has 0 spiro atoms. The Morgan fingerprint density at radius 3 is 2.59 bits per heavy atom. The van der Waals surface area contributed by atoms with E-state index in [1.807, 2.05) is 18.2 Å². The number of halogens is 2. The number of aromatic nitrogens is 1. The number of H-pyrrole nitrogens is 1. The fourth-order valence-electron chi connectivity index (χ4n) is 2.87. The third-order valence-corrected chi connectivity index (χ3v) is 4.20. The van der Waals surface area contributed by atoms with Crippen LogP contribution in [0.3, 0.4) is 0 Å². The molecular weight excluding hydrogens is 384 g/mol. The van der Waals surface area contributed by atoms with Crippen molar-refractivity contribution in [2.24, 2.45) is 0 Å². The predicted octanol–water partition coefficient (Wildman–Crippen LogP) is 4.60. The number of alkyl halides is 2. The van der Waals surface area contributed by atoms with Crippen LogP contribution in [0.2, 0.25) is 0 Å². The van der Waals surface area contributed by atoms with Crippen molar-refractivity contribution >= 4 is 22.7 Å². The summed E-state index contributed by atoms with van der Waals surface area (Å²) in [5.74, 6) is -1.35. The van der Waals surface area contributed by atoms with Crippen LogP contribution in [0.4, 0.5) is 8.78 Å². The van der Waals surface area contributed by atoms with Crippen molar-refractivity contribution in [3.63, 3.8) is 0 Å². The van der Waals surface area contributed by atoms with Crippen molar-refractivity contribution in [1.82, 2.24) is 4.98 Å². The number of benzene rings is 2. The molecule has 0 saturated heterocycles. The van der Waals surface area contributed by atoms with Gasteiger partial charge in [-0.05, 0) is 38.1 Å². The zero-order chi connectivity index (χ0) is 21.0. The lowest BCUT2D eigenvalue weighted by atomic mass is 10.1. The van der Waals surface area contributed by atoms with Crippen LogP contribution < -0.4 is 9.47 Å². The van der Waals surface area contributed by atoms with Crippen molar-refractivity contribution in [2.75, 3.05) is 6.61 Å². The smallest absolute Gasteiger partial charge is 0.387 e. The first-order valence-corrected chi connectivity index (χ1v) is 8.93. The monoisotopic (exact) mass is 403 g/mol. The lowest BCUT2D eigenvalue weighted by Gasteiger charge is -2.14. The van der Waals surface area contributed by atoms with Crippen molar-refractivity contribution in [3.05, 3.63) is 59.8 Å². The summed E-state index contributed by atoms with van der Waals surface area (Å²) in [7, 11) is 0. The Labute approximate surface area is 165 Å². The van der Waals surface area contributed by atoms with Crippen molar-refractivity contribution < 1.29 is 32.6 Å². The van der Waals surface area contributed by atoms with Gasteiger partial charge < -0.3 is 19.2 Å². The summed E-state index contributed by atoms with van der Waals surface area (Å²) in [6.07, 6.45) is 0.523. The molecule has 0 bridgehead atoms. The van der Waals surface area contributed by atoms with Gasteiger partial charge in [-0.1, -0.05) is 18.2 Å². The normalized spacial score (nSPS) is 12.0. The van der Waals surface area contributed by atoms with E-state index in [0.29, 0.717) is 5.56 Å². The van der Waals surface area contributed by atoms with Crippen LogP contribution in [0.5, 0.6) is 11.5 Å². The summed E-state index contributed by atoms with van der Waals surface area (Å²) in [6, 6.07) is 11.0. The van der Waals surface area contributed by atoms with E-state index in [1.54, 1.807) is 19.2 Å². The maximum Gasteiger partial charge on any atom is 0.387 e. The predicted molar refractivity (Wildman–Crippen MR) is 102 cm³/mol. The Balaban J connectivity index is 1.76. The molecule has 1 heterocycles. The number of hydrogen-bond donors (Lipinski definition) is 1. The zero-order valence-electron chi connectivity index (χ0n) is 15.8. The number of carbonyl (C=O) groups excluding carboxylic acids is 2. The SMILES string of the molecule is CCOc1cc(C(=O)O[C@H](C)C(=O)c2c[nH]c3ccccc23)ccc1OC(F)F. The minimum absolute atomic E-state index is 0.0159. The molecular formula is C21H19F2NO5. The van der Waals surface area contributed by atoms with E-state index in [2.05, 4.69) is 9.72 Å². The largest absolute Gasteiger partial charge is 0.490 e. The summed E-state index contributed by atoms with van der Waals surface area (Å²) in [4.78, 5) is 28.2. The van der Waals surface area contributed by atoms with Gasteiger partial charge >= 0.3 is 12.6 Å². The van der Waals surface area contributed by atoms with Crippen LogP contribution in [0.25, 0.3) is 10.9 Å².